The van der Waals surface area contributed by atoms with Gasteiger partial charge in [0.05, 0.1) is 17.7 Å². The Kier molecular flexibility index (Phi) is 4.34. The van der Waals surface area contributed by atoms with Crippen LogP contribution in [0, 0.1) is 0 Å². The van der Waals surface area contributed by atoms with Crippen LogP contribution in [0.3, 0.4) is 0 Å². The first kappa shape index (κ1) is 18.1. The summed E-state index contributed by atoms with van der Waals surface area (Å²) in [5, 5.41) is 6.06. The third-order valence-corrected chi connectivity index (χ3v) is 4.68. The summed E-state index contributed by atoms with van der Waals surface area (Å²) in [4.78, 5) is 17.2. The Morgan fingerprint density at radius 2 is 2.11 bits per heavy atom. The highest BCUT2D eigenvalue weighted by atomic mass is 16.5. The third-order valence-electron chi connectivity index (χ3n) is 4.68. The summed E-state index contributed by atoms with van der Waals surface area (Å²) in [7, 11) is 0. The minimum atomic E-state index is -0.210. The van der Waals surface area contributed by atoms with Crippen molar-refractivity contribution in [3.8, 4) is 0 Å². The summed E-state index contributed by atoms with van der Waals surface area (Å²) in [6, 6.07) is 0. The van der Waals surface area contributed by atoms with Crippen molar-refractivity contribution in [3.05, 3.63) is 76.7 Å². The van der Waals surface area contributed by atoms with Crippen LogP contribution in [0.2, 0.25) is 0 Å². The fourth-order valence-corrected chi connectivity index (χ4v) is 3.51. The van der Waals surface area contributed by atoms with E-state index in [-0.39, 0.29) is 11.3 Å². The zero-order chi connectivity index (χ0) is 19.9. The molecule has 0 bridgehead atoms. The molecule has 6 nitrogen and oxygen atoms in total. The Morgan fingerprint density at radius 3 is 2.86 bits per heavy atom. The number of hydrogen-bond donors (Lipinski definition) is 2. The van der Waals surface area contributed by atoms with Crippen molar-refractivity contribution >= 4 is 18.2 Å². The molecule has 1 aromatic heterocycles. The Balaban J connectivity index is 1.70. The number of aromatic nitrogens is 2. The number of imidazole rings is 1. The predicted molar refractivity (Wildman–Crippen MR) is 109 cm³/mol. The molecule has 144 valence electrons. The average molecular weight is 376 g/mol. The van der Waals surface area contributed by atoms with Crippen LogP contribution >= 0.6 is 0 Å². The lowest BCUT2D eigenvalue weighted by Crippen LogP contribution is -2.40. The summed E-state index contributed by atoms with van der Waals surface area (Å²) < 4.78 is 7.96. The molecule has 4 rings (SSSR count). The van der Waals surface area contributed by atoms with Crippen molar-refractivity contribution < 1.29 is 9.53 Å². The second kappa shape index (κ2) is 6.71. The van der Waals surface area contributed by atoms with E-state index in [1.807, 2.05) is 42.0 Å². The molecule has 0 fully saturated rings. The quantitative estimate of drug-likeness (QED) is 0.773. The van der Waals surface area contributed by atoms with Gasteiger partial charge in [0.2, 0.25) is 5.88 Å². The molecule has 1 aliphatic carbocycles. The molecular weight excluding hydrogens is 352 g/mol. The highest BCUT2D eigenvalue weighted by molar-refractivity contribution is 6.00. The van der Waals surface area contributed by atoms with E-state index in [1.54, 1.807) is 12.4 Å². The summed E-state index contributed by atoms with van der Waals surface area (Å²) in [5.74, 6) is 1.12. The highest BCUT2D eigenvalue weighted by Crippen LogP contribution is 2.32. The second-order valence-corrected chi connectivity index (χ2v) is 7.93. The molecule has 0 spiro atoms. The maximum atomic E-state index is 12.7. The number of fused-ring (bicyclic) bond motifs is 1. The van der Waals surface area contributed by atoms with E-state index in [1.165, 1.54) is 0 Å². The van der Waals surface area contributed by atoms with Crippen LogP contribution in [-0.4, -0.2) is 15.5 Å². The number of carbonyl (C=O) groups excluding carboxylic acids is 1. The maximum absolute atomic E-state index is 12.7. The van der Waals surface area contributed by atoms with E-state index in [9.17, 15) is 4.79 Å². The van der Waals surface area contributed by atoms with Gasteiger partial charge in [0.15, 0.2) is 0 Å². The zero-order valence-corrected chi connectivity index (χ0v) is 16.5. The van der Waals surface area contributed by atoms with Crippen LogP contribution in [0.15, 0.2) is 65.3 Å². The number of hydrogen-bond acceptors (Lipinski definition) is 4. The molecule has 0 saturated heterocycles. The number of amides is 1. The van der Waals surface area contributed by atoms with Crippen molar-refractivity contribution in [2.45, 2.75) is 39.5 Å². The minimum absolute atomic E-state index is 0.143. The van der Waals surface area contributed by atoms with E-state index in [2.05, 4.69) is 42.5 Å². The lowest BCUT2D eigenvalue weighted by atomic mass is 9.90. The van der Waals surface area contributed by atoms with Gasteiger partial charge in [0.1, 0.15) is 17.2 Å². The van der Waals surface area contributed by atoms with Crippen LogP contribution in [-0.2, 0) is 14.9 Å². The minimum Gasteiger partial charge on any atom is -0.438 e. The summed E-state index contributed by atoms with van der Waals surface area (Å²) in [6.07, 6.45) is 16.2. The zero-order valence-electron chi connectivity index (χ0n) is 16.5. The van der Waals surface area contributed by atoms with E-state index < -0.39 is 0 Å². The monoisotopic (exact) mass is 376 g/mol. The lowest BCUT2D eigenvalue weighted by Gasteiger charge is -2.29. The molecule has 1 amide bonds. The molecule has 0 radical (unpaired) electrons. The van der Waals surface area contributed by atoms with Gasteiger partial charge in [0.25, 0.3) is 5.91 Å². The van der Waals surface area contributed by atoms with Gasteiger partial charge in [0, 0.05) is 17.2 Å². The standard InChI is InChI=1S/C22H24N4O2/c1-5-10-26-13-23-15(19(26)22(2,3)4)12-16-20(27)24-17-11-14-8-6-7-9-18(14)28-21(17)25-16/h5-7,9-13,25H,8H2,1-4H3,(H,24,27)/b10-5-,16-12-. The molecule has 2 N–H and O–H groups in total. The Labute approximate surface area is 164 Å². The third kappa shape index (κ3) is 3.22. The first-order valence-electron chi connectivity index (χ1n) is 9.37. The Morgan fingerprint density at radius 1 is 1.29 bits per heavy atom. The highest BCUT2D eigenvalue weighted by Gasteiger charge is 2.29. The van der Waals surface area contributed by atoms with E-state index in [4.69, 9.17) is 4.74 Å². The predicted octanol–water partition coefficient (Wildman–Crippen LogP) is 3.70. The first-order valence-corrected chi connectivity index (χ1v) is 9.37. The second-order valence-electron chi connectivity index (χ2n) is 7.93. The molecule has 28 heavy (non-hydrogen) atoms. The van der Waals surface area contributed by atoms with Crippen molar-refractivity contribution in [1.82, 2.24) is 20.2 Å². The van der Waals surface area contributed by atoms with Gasteiger partial charge >= 0.3 is 0 Å². The van der Waals surface area contributed by atoms with Crippen LogP contribution in [0.5, 0.6) is 0 Å². The largest absolute Gasteiger partial charge is 0.438 e. The van der Waals surface area contributed by atoms with Gasteiger partial charge < -0.3 is 19.9 Å². The van der Waals surface area contributed by atoms with Gasteiger partial charge in [-0.2, -0.15) is 0 Å². The van der Waals surface area contributed by atoms with Crippen molar-refractivity contribution in [2.75, 3.05) is 0 Å². The van der Waals surface area contributed by atoms with Gasteiger partial charge in [-0.3, -0.25) is 4.79 Å². The van der Waals surface area contributed by atoms with Crippen molar-refractivity contribution in [1.29, 1.82) is 0 Å². The van der Waals surface area contributed by atoms with E-state index in [0.29, 0.717) is 17.3 Å². The number of rotatable bonds is 2. The molecule has 2 aliphatic heterocycles. The van der Waals surface area contributed by atoms with Gasteiger partial charge in [-0.05, 0) is 31.6 Å². The number of nitrogens with zero attached hydrogens (tertiary/aromatic N) is 2. The molecule has 3 heterocycles. The fraction of sp³-hybridized carbons (Fsp3) is 0.273. The summed E-state index contributed by atoms with van der Waals surface area (Å²) >= 11 is 0. The number of nitrogens with one attached hydrogen (secondary N) is 2. The summed E-state index contributed by atoms with van der Waals surface area (Å²) in [6.45, 7) is 8.34. The van der Waals surface area contributed by atoms with Crippen molar-refractivity contribution in [3.63, 3.8) is 0 Å². The lowest BCUT2D eigenvalue weighted by molar-refractivity contribution is -0.117. The normalized spacial score (nSPS) is 20.3. The van der Waals surface area contributed by atoms with Crippen LogP contribution in [0.1, 0.15) is 45.5 Å². The first-order chi connectivity index (χ1) is 13.4. The molecule has 6 heteroatoms. The summed E-state index contributed by atoms with van der Waals surface area (Å²) in [5.41, 5.74) is 3.74. The van der Waals surface area contributed by atoms with Crippen LogP contribution in [0.25, 0.3) is 12.3 Å². The maximum Gasteiger partial charge on any atom is 0.272 e. The van der Waals surface area contributed by atoms with Crippen LogP contribution in [0.4, 0.5) is 0 Å². The van der Waals surface area contributed by atoms with Gasteiger partial charge in [-0.1, -0.05) is 39.0 Å². The topological polar surface area (TPSA) is 68.2 Å². The number of allylic oxidation sites excluding steroid dienone is 6. The smallest absolute Gasteiger partial charge is 0.272 e. The Hall–Kier alpha value is -3.28. The Bertz CT molecular complexity index is 1020. The van der Waals surface area contributed by atoms with Crippen LogP contribution < -0.4 is 10.6 Å². The number of ether oxygens (including phenoxy) is 1. The molecular formula is C22H24N4O2. The van der Waals surface area contributed by atoms with E-state index >= 15 is 0 Å². The molecule has 0 unspecified atom stereocenters. The molecule has 0 saturated carbocycles. The molecule has 0 atom stereocenters. The SMILES string of the molecule is C/C=C\n1cnc(/C=C2\NC3=C(C=C4CC=CC=C4O3)NC2=O)c1C(C)(C)C. The van der Waals surface area contributed by atoms with Crippen molar-refractivity contribution in [2.24, 2.45) is 0 Å². The average Bonchev–Trinajstić information content (AvgIpc) is 3.04. The van der Waals surface area contributed by atoms with E-state index in [0.717, 1.165) is 29.1 Å². The molecule has 3 aliphatic rings. The fourth-order valence-electron chi connectivity index (χ4n) is 3.51. The number of carbonyl (C=O) groups is 1. The molecule has 0 aromatic carbocycles. The van der Waals surface area contributed by atoms with Gasteiger partial charge in [-0.25, -0.2) is 4.98 Å². The molecule has 1 aromatic rings. The van der Waals surface area contributed by atoms with Gasteiger partial charge in [-0.15, -0.1) is 0 Å².